The molecule has 0 saturated carbocycles. The summed E-state index contributed by atoms with van der Waals surface area (Å²) in [5, 5.41) is 54.3. The minimum Gasteiger partial charge on any atom is -0.481 e. The lowest BCUT2D eigenvalue weighted by Crippen LogP contribution is -2.62. The molecule has 0 radical (unpaired) electrons. The number of likely N-dealkylation sites (tertiary alicyclic amines) is 2. The number of nitrogens with one attached hydrogen (secondary N) is 7. The van der Waals surface area contributed by atoms with Crippen molar-refractivity contribution in [2.45, 2.75) is 154 Å². The number of rotatable bonds is 25. The normalized spacial score (nSPS) is 19.5. The van der Waals surface area contributed by atoms with Crippen LogP contribution in [-0.2, 0) is 54.4 Å². The molecule has 1 aromatic rings. The predicted molar refractivity (Wildman–Crippen MR) is 239 cm³/mol. The van der Waals surface area contributed by atoms with Gasteiger partial charge < -0.3 is 72.8 Å². The van der Waals surface area contributed by atoms with E-state index in [0.717, 1.165) is 6.92 Å². The van der Waals surface area contributed by atoms with E-state index >= 15 is 0 Å². The van der Waals surface area contributed by atoms with Gasteiger partial charge in [-0.25, -0.2) is 9.78 Å². The number of hydrogen-bond acceptors (Lipinski definition) is 14. The number of hydrogen-bond donors (Lipinski definition) is 12. The molecule has 0 bridgehead atoms. The quantitative estimate of drug-likeness (QED) is 0.0452. The fourth-order valence-electron chi connectivity index (χ4n) is 7.81. The number of carboxylic acid groups (broad SMARTS) is 2. The largest absolute Gasteiger partial charge is 0.481 e. The van der Waals surface area contributed by atoms with Crippen LogP contribution in [-0.4, -0.2) is 180 Å². The maximum atomic E-state index is 14.1. The Morgan fingerprint density at radius 1 is 0.676 bits per heavy atom. The fraction of sp³-hybridized carbons (Fsp3) is 0.698. The maximum absolute atomic E-state index is 14.1. The van der Waals surface area contributed by atoms with Gasteiger partial charge in [-0.05, 0) is 56.8 Å². The number of aromatic nitrogens is 2. The van der Waals surface area contributed by atoms with Crippen LogP contribution in [0.15, 0.2) is 12.5 Å². The van der Waals surface area contributed by atoms with E-state index in [2.05, 4.69) is 41.9 Å². The zero-order valence-corrected chi connectivity index (χ0v) is 39.5. The molecule has 3 heterocycles. The van der Waals surface area contributed by atoms with E-state index in [4.69, 9.17) is 5.73 Å². The van der Waals surface area contributed by atoms with Crippen LogP contribution in [0.1, 0.15) is 92.7 Å². The van der Waals surface area contributed by atoms with E-state index in [1.54, 1.807) is 41.5 Å². The van der Waals surface area contributed by atoms with Crippen molar-refractivity contribution in [3.05, 3.63) is 18.2 Å². The molecule has 2 fully saturated rings. The molecule has 3 rings (SSSR count). The number of carbonyl (C=O) groups is 10. The van der Waals surface area contributed by atoms with Crippen molar-refractivity contribution in [2.75, 3.05) is 19.7 Å². The number of aliphatic carboxylic acids is 2. The van der Waals surface area contributed by atoms with Gasteiger partial charge in [0.1, 0.15) is 48.3 Å². The first-order chi connectivity index (χ1) is 31.9. The minimum atomic E-state index is -1.85. The van der Waals surface area contributed by atoms with Crippen molar-refractivity contribution in [1.29, 1.82) is 0 Å². The van der Waals surface area contributed by atoms with Crippen molar-refractivity contribution >= 4 is 59.2 Å². The van der Waals surface area contributed by atoms with Crippen molar-refractivity contribution in [2.24, 2.45) is 23.5 Å². The molecule has 25 heteroatoms. The first kappa shape index (κ1) is 56.1. The Morgan fingerprint density at radius 2 is 1.18 bits per heavy atom. The molecule has 68 heavy (non-hydrogen) atoms. The summed E-state index contributed by atoms with van der Waals surface area (Å²) in [4.78, 5) is 141. The molecule has 25 nitrogen and oxygen atoms in total. The van der Waals surface area contributed by atoms with E-state index < -0.39 is 145 Å². The van der Waals surface area contributed by atoms with Crippen molar-refractivity contribution < 1.29 is 68.4 Å². The summed E-state index contributed by atoms with van der Waals surface area (Å²) in [7, 11) is 0. The van der Waals surface area contributed by atoms with Crippen LogP contribution in [0.4, 0.5) is 0 Å². The molecule has 13 N–H and O–H groups in total. The molecule has 0 spiro atoms. The second-order valence-electron chi connectivity index (χ2n) is 18.3. The number of imidazole rings is 1. The van der Waals surface area contributed by atoms with Crippen molar-refractivity contribution in [1.82, 2.24) is 51.7 Å². The lowest BCUT2D eigenvalue weighted by atomic mass is 10.0. The number of aromatic amines is 1. The molecule has 2 aliphatic heterocycles. The molecule has 1 aromatic heterocycles. The summed E-state index contributed by atoms with van der Waals surface area (Å²) >= 11 is 0. The highest BCUT2D eigenvalue weighted by Gasteiger charge is 2.43. The van der Waals surface area contributed by atoms with Crippen LogP contribution in [0.3, 0.4) is 0 Å². The minimum absolute atomic E-state index is 0.109. The molecule has 2 saturated heterocycles. The van der Waals surface area contributed by atoms with Crippen LogP contribution >= 0.6 is 0 Å². The summed E-state index contributed by atoms with van der Waals surface area (Å²) in [6, 6.07) is -12.1. The van der Waals surface area contributed by atoms with Gasteiger partial charge >= 0.3 is 11.9 Å². The average Bonchev–Trinajstić information content (AvgIpc) is 4.08. The lowest BCUT2D eigenvalue weighted by molar-refractivity contribution is -0.145. The van der Waals surface area contributed by atoms with Gasteiger partial charge in [0, 0.05) is 37.8 Å². The average molecular weight is 964 g/mol. The fourth-order valence-corrected chi connectivity index (χ4v) is 7.81. The standard InChI is InChI=1S/C43H69N11O14/c1-20(2)31(44)41(65)53-14-8-10-28(53)38(62)50-32(21(3)4)42(66)54-15-9-11-29(54)39(63)52-34(23(7)56)40(64)49-27(18-55)37(61)47-25(12-13-30(57)58)35(59)48-26(16-24-17-45-19-46-24)36(60)51-33(22(5)6)43(67)68/h17,19-23,25-29,31-34,55-56H,8-16,18,44H2,1-7H3,(H,45,46)(H,47,61)(H,48,59)(H,49,64)(H,50,62)(H,51,60)(H,52,63)(H,57,58)(H,67,68)/t23-,25+,26+,27+,28+,29+,31+,32+,33+,34+/m1/s1. The second-order valence-corrected chi connectivity index (χ2v) is 18.3. The van der Waals surface area contributed by atoms with E-state index in [1.807, 2.05) is 0 Å². The monoisotopic (exact) mass is 964 g/mol. The molecule has 2 aliphatic rings. The number of aliphatic hydroxyl groups excluding tert-OH is 2. The summed E-state index contributed by atoms with van der Waals surface area (Å²) in [5.74, 6) is -10.6. The van der Waals surface area contributed by atoms with Crippen molar-refractivity contribution in [3.63, 3.8) is 0 Å². The van der Waals surface area contributed by atoms with Gasteiger partial charge in [-0.2, -0.15) is 0 Å². The van der Waals surface area contributed by atoms with Crippen LogP contribution in [0.25, 0.3) is 0 Å². The summed E-state index contributed by atoms with van der Waals surface area (Å²) in [6.45, 7) is 10.6. The Kier molecular flexibility index (Phi) is 21.3. The highest BCUT2D eigenvalue weighted by atomic mass is 16.4. The number of nitrogens with two attached hydrogens (primary N) is 1. The van der Waals surface area contributed by atoms with Gasteiger partial charge in [-0.15, -0.1) is 0 Å². The highest BCUT2D eigenvalue weighted by Crippen LogP contribution is 2.23. The third kappa shape index (κ3) is 15.4. The first-order valence-electron chi connectivity index (χ1n) is 22.8. The number of H-pyrrole nitrogens is 1. The third-order valence-corrected chi connectivity index (χ3v) is 11.9. The molecule has 0 aliphatic carbocycles. The van der Waals surface area contributed by atoms with Crippen molar-refractivity contribution in [3.8, 4) is 0 Å². The Morgan fingerprint density at radius 3 is 1.65 bits per heavy atom. The van der Waals surface area contributed by atoms with Gasteiger partial charge in [-0.1, -0.05) is 41.5 Å². The number of aliphatic hydroxyl groups is 2. The number of nitrogens with zero attached hydrogens (tertiary/aromatic N) is 3. The lowest BCUT2D eigenvalue weighted by Gasteiger charge is -2.33. The molecular weight excluding hydrogens is 895 g/mol. The third-order valence-electron chi connectivity index (χ3n) is 11.9. The number of carbonyl (C=O) groups excluding carboxylic acids is 8. The van der Waals surface area contributed by atoms with Crippen LogP contribution < -0.4 is 37.6 Å². The SMILES string of the molecule is CC(C)[C@H](N)C(=O)N1CCC[C@H]1C(=O)N[C@H](C(=O)N1CCC[C@H]1C(=O)N[C@H](C(=O)N[C@@H](CO)C(=O)N[C@@H](CCC(=O)O)C(=O)N[C@@H](Cc1cnc[nH]1)C(=O)N[C@H](C(=O)O)C(C)C)[C@@H](C)O)C(C)C. The Bertz CT molecular complexity index is 1960. The maximum Gasteiger partial charge on any atom is 0.326 e. The van der Waals surface area contributed by atoms with Crippen LogP contribution in [0, 0.1) is 17.8 Å². The summed E-state index contributed by atoms with van der Waals surface area (Å²) < 4.78 is 0. The zero-order chi connectivity index (χ0) is 51.2. The number of amides is 8. The summed E-state index contributed by atoms with van der Waals surface area (Å²) in [6.07, 6.45) is 1.02. The van der Waals surface area contributed by atoms with Gasteiger partial charge in [0.25, 0.3) is 0 Å². The Balaban J connectivity index is 1.74. The van der Waals surface area contributed by atoms with Crippen LogP contribution in [0.5, 0.6) is 0 Å². The Labute approximate surface area is 393 Å². The molecule has 380 valence electrons. The zero-order valence-electron chi connectivity index (χ0n) is 39.5. The topological polar surface area (TPSA) is 385 Å². The van der Waals surface area contributed by atoms with E-state index in [9.17, 15) is 68.4 Å². The van der Waals surface area contributed by atoms with Gasteiger partial charge in [0.2, 0.25) is 47.3 Å². The molecule has 0 unspecified atom stereocenters. The molecular formula is C43H69N11O14. The van der Waals surface area contributed by atoms with Gasteiger partial charge in [-0.3, -0.25) is 43.2 Å². The smallest absolute Gasteiger partial charge is 0.326 e. The number of carboxylic acids is 2. The molecule has 8 amide bonds. The summed E-state index contributed by atoms with van der Waals surface area (Å²) in [5.41, 5.74) is 6.45. The van der Waals surface area contributed by atoms with E-state index in [1.165, 1.54) is 22.3 Å². The van der Waals surface area contributed by atoms with E-state index in [-0.39, 0.29) is 31.2 Å². The second kappa shape index (κ2) is 25.8. The molecule has 10 atom stereocenters. The Hall–Kier alpha value is -6.21. The predicted octanol–water partition coefficient (Wildman–Crippen LogP) is -3.54. The molecule has 0 aromatic carbocycles. The highest BCUT2D eigenvalue weighted by molar-refractivity contribution is 5.98. The van der Waals surface area contributed by atoms with E-state index in [0.29, 0.717) is 31.5 Å². The first-order valence-corrected chi connectivity index (χ1v) is 22.8. The van der Waals surface area contributed by atoms with Gasteiger partial charge in [0.15, 0.2) is 0 Å². The van der Waals surface area contributed by atoms with Gasteiger partial charge in [0.05, 0.1) is 25.1 Å². The van der Waals surface area contributed by atoms with Crippen LogP contribution in [0.2, 0.25) is 0 Å².